The molecule has 19 heavy (non-hydrogen) atoms. The molecule has 0 saturated carbocycles. The van der Waals surface area contributed by atoms with Crippen molar-refractivity contribution in [3.05, 3.63) is 35.9 Å². The van der Waals surface area contributed by atoms with Gasteiger partial charge in [0.05, 0.1) is 0 Å². The first-order chi connectivity index (χ1) is 9.12. The Bertz CT molecular complexity index is 348. The van der Waals surface area contributed by atoms with E-state index in [4.69, 9.17) is 5.84 Å². The lowest BCUT2D eigenvalue weighted by Crippen LogP contribution is -2.61. The molecule has 0 spiro atoms. The van der Waals surface area contributed by atoms with Gasteiger partial charge in [-0.3, -0.25) is 16.2 Å². The van der Waals surface area contributed by atoms with Gasteiger partial charge in [0.15, 0.2) is 0 Å². The van der Waals surface area contributed by atoms with Gasteiger partial charge in [0.25, 0.3) is 0 Å². The fourth-order valence-corrected chi connectivity index (χ4v) is 2.94. The molecule has 3 nitrogen and oxygen atoms in total. The molecule has 2 unspecified atom stereocenters. The summed E-state index contributed by atoms with van der Waals surface area (Å²) in [7, 11) is 0. The molecule has 3 N–H and O–H groups in total. The highest BCUT2D eigenvalue weighted by molar-refractivity contribution is 5.17. The van der Waals surface area contributed by atoms with Crippen molar-refractivity contribution in [2.75, 3.05) is 13.1 Å². The minimum Gasteiger partial charge on any atom is -0.297 e. The van der Waals surface area contributed by atoms with Gasteiger partial charge < -0.3 is 0 Å². The van der Waals surface area contributed by atoms with E-state index >= 15 is 0 Å². The van der Waals surface area contributed by atoms with Crippen LogP contribution in [0.3, 0.4) is 0 Å². The molecule has 0 radical (unpaired) electrons. The minimum absolute atomic E-state index is 0.0775. The zero-order valence-corrected chi connectivity index (χ0v) is 12.8. The predicted octanol–water partition coefficient (Wildman–Crippen LogP) is 2.57. The average molecular weight is 263 g/mol. The maximum Gasteiger partial charge on any atom is 0.0432 e. The molecule has 0 aliphatic rings. The molecule has 0 aliphatic carbocycles. The Kier molecular flexibility index (Phi) is 6.49. The van der Waals surface area contributed by atoms with E-state index in [0.717, 1.165) is 25.9 Å². The van der Waals surface area contributed by atoms with E-state index in [9.17, 15) is 0 Å². The molecule has 0 aliphatic heterocycles. The van der Waals surface area contributed by atoms with Crippen molar-refractivity contribution < 1.29 is 0 Å². The molecule has 1 aromatic rings. The third kappa shape index (κ3) is 3.78. The molecule has 0 aromatic heterocycles. The highest BCUT2D eigenvalue weighted by Crippen LogP contribution is 2.25. The highest BCUT2D eigenvalue weighted by Gasteiger charge is 2.36. The molecule has 0 bridgehead atoms. The second-order valence-corrected chi connectivity index (χ2v) is 5.29. The van der Waals surface area contributed by atoms with Gasteiger partial charge in [-0.15, -0.1) is 0 Å². The van der Waals surface area contributed by atoms with Crippen molar-refractivity contribution in [2.45, 2.75) is 52.1 Å². The highest BCUT2D eigenvalue weighted by atomic mass is 15.3. The van der Waals surface area contributed by atoms with Crippen molar-refractivity contribution in [1.29, 1.82) is 0 Å². The lowest BCUT2D eigenvalue weighted by atomic mass is 9.83. The van der Waals surface area contributed by atoms with Crippen LogP contribution in [0.25, 0.3) is 0 Å². The largest absolute Gasteiger partial charge is 0.297 e. The summed E-state index contributed by atoms with van der Waals surface area (Å²) in [6, 6.07) is 10.8. The number of rotatable bonds is 8. The Morgan fingerprint density at radius 3 is 2.16 bits per heavy atom. The summed E-state index contributed by atoms with van der Waals surface area (Å²) in [6.07, 6.45) is 2.04. The van der Waals surface area contributed by atoms with Gasteiger partial charge in [-0.2, -0.15) is 0 Å². The van der Waals surface area contributed by atoms with Crippen LogP contribution < -0.4 is 11.3 Å². The van der Waals surface area contributed by atoms with Crippen LogP contribution >= 0.6 is 0 Å². The first-order valence-corrected chi connectivity index (χ1v) is 7.37. The molecule has 1 rings (SSSR count). The number of hydrogen-bond acceptors (Lipinski definition) is 3. The maximum atomic E-state index is 5.85. The van der Waals surface area contributed by atoms with E-state index in [-0.39, 0.29) is 11.6 Å². The van der Waals surface area contributed by atoms with Gasteiger partial charge in [0.2, 0.25) is 0 Å². The summed E-state index contributed by atoms with van der Waals surface area (Å²) in [5.74, 6) is 5.85. The number of likely N-dealkylation sites (N-methyl/N-ethyl adjacent to an activating group) is 1. The predicted molar refractivity (Wildman–Crippen MR) is 82.9 cm³/mol. The van der Waals surface area contributed by atoms with Crippen LogP contribution in [-0.4, -0.2) is 29.6 Å². The molecular weight excluding hydrogens is 234 g/mol. The lowest BCUT2D eigenvalue weighted by molar-refractivity contribution is 0.0701. The molecule has 0 heterocycles. The number of benzene rings is 1. The molecule has 1 aromatic carbocycles. The van der Waals surface area contributed by atoms with E-state index < -0.39 is 0 Å². The topological polar surface area (TPSA) is 41.3 Å². The van der Waals surface area contributed by atoms with Crippen molar-refractivity contribution in [1.82, 2.24) is 10.3 Å². The monoisotopic (exact) mass is 263 g/mol. The number of hydrogen-bond donors (Lipinski definition) is 2. The SMILES string of the molecule is CCN(CC)C(C)(CC)C(Cc1ccccc1)NN. The van der Waals surface area contributed by atoms with Crippen LogP contribution in [0.15, 0.2) is 30.3 Å². The summed E-state index contributed by atoms with van der Waals surface area (Å²) in [5, 5.41) is 0. The zero-order chi connectivity index (χ0) is 14.3. The molecular formula is C16H29N3. The van der Waals surface area contributed by atoms with Gasteiger partial charge in [0, 0.05) is 11.6 Å². The first kappa shape index (κ1) is 16.2. The molecule has 0 saturated heterocycles. The summed E-state index contributed by atoms with van der Waals surface area (Å²) in [5.41, 5.74) is 4.46. The van der Waals surface area contributed by atoms with Crippen LogP contribution in [0.1, 0.15) is 39.7 Å². The van der Waals surface area contributed by atoms with Gasteiger partial charge in [0.1, 0.15) is 0 Å². The first-order valence-electron chi connectivity index (χ1n) is 7.37. The van der Waals surface area contributed by atoms with Crippen molar-refractivity contribution in [2.24, 2.45) is 5.84 Å². The van der Waals surface area contributed by atoms with E-state index in [1.165, 1.54) is 5.56 Å². The average Bonchev–Trinajstić information content (AvgIpc) is 2.46. The smallest absolute Gasteiger partial charge is 0.0432 e. The summed E-state index contributed by atoms with van der Waals surface area (Å²) < 4.78 is 0. The second kappa shape index (κ2) is 7.63. The Labute approximate surface area is 118 Å². The van der Waals surface area contributed by atoms with E-state index in [2.05, 4.69) is 68.4 Å². The van der Waals surface area contributed by atoms with Gasteiger partial charge in [-0.1, -0.05) is 51.1 Å². The van der Waals surface area contributed by atoms with E-state index in [1.807, 2.05) is 0 Å². The van der Waals surface area contributed by atoms with Gasteiger partial charge in [-0.05, 0) is 38.4 Å². The lowest BCUT2D eigenvalue weighted by Gasteiger charge is -2.45. The van der Waals surface area contributed by atoms with Gasteiger partial charge >= 0.3 is 0 Å². The number of nitrogens with two attached hydrogens (primary N) is 1. The van der Waals surface area contributed by atoms with Crippen LogP contribution in [0.2, 0.25) is 0 Å². The fraction of sp³-hybridized carbons (Fsp3) is 0.625. The number of nitrogens with zero attached hydrogens (tertiary/aromatic N) is 1. The summed E-state index contributed by atoms with van der Waals surface area (Å²) in [4.78, 5) is 2.50. The van der Waals surface area contributed by atoms with Crippen LogP contribution in [-0.2, 0) is 6.42 Å². The van der Waals surface area contributed by atoms with Crippen LogP contribution in [0.4, 0.5) is 0 Å². The minimum atomic E-state index is 0.0775. The standard InChI is InChI=1S/C16H29N3/c1-5-16(4,19(6-2)7-3)15(18-17)13-14-11-9-8-10-12-14/h8-12,15,18H,5-7,13,17H2,1-4H3. The van der Waals surface area contributed by atoms with Gasteiger partial charge in [-0.25, -0.2) is 0 Å². The third-order valence-corrected chi connectivity index (χ3v) is 4.44. The van der Waals surface area contributed by atoms with Crippen molar-refractivity contribution in [3.63, 3.8) is 0 Å². The molecule has 2 atom stereocenters. The number of hydrazine groups is 1. The zero-order valence-electron chi connectivity index (χ0n) is 12.8. The quantitative estimate of drug-likeness (QED) is 0.559. The van der Waals surface area contributed by atoms with Crippen molar-refractivity contribution in [3.8, 4) is 0 Å². The Hall–Kier alpha value is -0.900. The fourth-order valence-electron chi connectivity index (χ4n) is 2.94. The number of nitrogens with one attached hydrogen (secondary N) is 1. The Morgan fingerprint density at radius 2 is 1.74 bits per heavy atom. The Balaban J connectivity index is 2.92. The third-order valence-electron chi connectivity index (χ3n) is 4.44. The molecule has 3 heteroatoms. The molecule has 108 valence electrons. The van der Waals surface area contributed by atoms with Crippen LogP contribution in [0.5, 0.6) is 0 Å². The van der Waals surface area contributed by atoms with Crippen LogP contribution in [0, 0.1) is 0 Å². The molecule has 0 amide bonds. The molecule has 0 fully saturated rings. The maximum absolute atomic E-state index is 5.85. The van der Waals surface area contributed by atoms with E-state index in [0.29, 0.717) is 0 Å². The summed E-state index contributed by atoms with van der Waals surface area (Å²) >= 11 is 0. The Morgan fingerprint density at radius 1 is 1.16 bits per heavy atom. The summed E-state index contributed by atoms with van der Waals surface area (Å²) in [6.45, 7) is 11.1. The second-order valence-electron chi connectivity index (χ2n) is 5.29. The van der Waals surface area contributed by atoms with E-state index in [1.54, 1.807) is 0 Å². The normalized spacial score (nSPS) is 16.3. The van der Waals surface area contributed by atoms with Crippen molar-refractivity contribution >= 4 is 0 Å².